The number of aromatic nitrogens is 1. The zero-order valence-electron chi connectivity index (χ0n) is 9.69. The van der Waals surface area contributed by atoms with Crippen molar-refractivity contribution in [2.24, 2.45) is 0 Å². The zero-order chi connectivity index (χ0) is 11.7. The van der Waals surface area contributed by atoms with E-state index in [1.807, 2.05) is 38.3 Å². The predicted molar refractivity (Wildman–Crippen MR) is 66.8 cm³/mol. The van der Waals surface area contributed by atoms with Gasteiger partial charge in [0, 0.05) is 5.38 Å². The highest BCUT2D eigenvalue weighted by Gasteiger charge is 2.13. The fourth-order valence-electron chi connectivity index (χ4n) is 1.84. The van der Waals surface area contributed by atoms with Crippen molar-refractivity contribution in [2.45, 2.75) is 26.9 Å². The van der Waals surface area contributed by atoms with E-state index >= 15 is 0 Å². The molecule has 1 atom stereocenters. The molecule has 1 N–H and O–H groups in total. The third kappa shape index (κ3) is 2.31. The van der Waals surface area contributed by atoms with Crippen LogP contribution >= 0.6 is 11.3 Å². The number of aliphatic hydroxyl groups is 1. The van der Waals surface area contributed by atoms with E-state index in [1.165, 1.54) is 11.1 Å². The maximum Gasteiger partial charge on any atom is 0.122 e. The van der Waals surface area contributed by atoms with Gasteiger partial charge in [-0.05, 0) is 26.3 Å². The molecule has 2 nitrogen and oxygen atoms in total. The van der Waals surface area contributed by atoms with E-state index in [-0.39, 0.29) is 0 Å². The Balaban J connectivity index is 2.37. The van der Waals surface area contributed by atoms with E-state index in [2.05, 4.69) is 11.1 Å². The Morgan fingerprint density at radius 2 is 1.75 bits per heavy atom. The summed E-state index contributed by atoms with van der Waals surface area (Å²) in [6.07, 6.45) is -0.608. The van der Waals surface area contributed by atoms with Crippen molar-refractivity contribution in [3.05, 3.63) is 51.0 Å². The van der Waals surface area contributed by atoms with E-state index in [4.69, 9.17) is 0 Å². The first-order valence-corrected chi connectivity index (χ1v) is 6.12. The minimum absolute atomic E-state index is 0.608. The third-order valence-electron chi connectivity index (χ3n) is 2.48. The molecule has 0 amide bonds. The van der Waals surface area contributed by atoms with Crippen molar-refractivity contribution < 1.29 is 5.11 Å². The van der Waals surface area contributed by atoms with E-state index in [1.54, 1.807) is 11.3 Å². The lowest BCUT2D eigenvalue weighted by Crippen LogP contribution is -2.01. The quantitative estimate of drug-likeness (QED) is 0.864. The lowest BCUT2D eigenvalue weighted by molar-refractivity contribution is 0.216. The fourth-order valence-corrected chi connectivity index (χ4v) is 2.48. The molecule has 0 radical (unpaired) electrons. The van der Waals surface area contributed by atoms with Gasteiger partial charge in [0.25, 0.3) is 0 Å². The first kappa shape index (κ1) is 11.3. The smallest absolute Gasteiger partial charge is 0.122 e. The molecule has 0 aliphatic carbocycles. The number of rotatable bonds is 2. The van der Waals surface area contributed by atoms with Gasteiger partial charge in [-0.25, -0.2) is 4.98 Å². The Bertz CT molecular complexity index is 484. The lowest BCUT2D eigenvalue weighted by Gasteiger charge is -2.10. The van der Waals surface area contributed by atoms with Gasteiger partial charge in [-0.15, -0.1) is 11.3 Å². The highest BCUT2D eigenvalue weighted by molar-refractivity contribution is 7.09. The largest absolute Gasteiger partial charge is 0.382 e. The second-order valence-electron chi connectivity index (χ2n) is 4.11. The Morgan fingerprint density at radius 1 is 1.12 bits per heavy atom. The van der Waals surface area contributed by atoms with Crippen molar-refractivity contribution >= 4 is 11.3 Å². The number of hydrogen-bond donors (Lipinski definition) is 1. The van der Waals surface area contributed by atoms with Crippen molar-refractivity contribution in [2.75, 3.05) is 0 Å². The van der Waals surface area contributed by atoms with E-state index in [0.717, 1.165) is 16.3 Å². The molecule has 84 valence electrons. The van der Waals surface area contributed by atoms with Gasteiger partial charge in [0.1, 0.15) is 6.10 Å². The van der Waals surface area contributed by atoms with Gasteiger partial charge in [0.2, 0.25) is 0 Å². The summed E-state index contributed by atoms with van der Waals surface area (Å²) in [5.74, 6) is 0. The summed E-state index contributed by atoms with van der Waals surface area (Å²) in [4.78, 5) is 4.31. The van der Waals surface area contributed by atoms with Gasteiger partial charge in [-0.1, -0.05) is 29.3 Å². The van der Waals surface area contributed by atoms with Crippen LogP contribution in [0.2, 0.25) is 0 Å². The van der Waals surface area contributed by atoms with Crippen molar-refractivity contribution in [3.63, 3.8) is 0 Å². The number of aliphatic hydroxyl groups excluding tert-OH is 1. The van der Waals surface area contributed by atoms with Crippen LogP contribution in [0.1, 0.15) is 33.5 Å². The molecule has 1 aromatic carbocycles. The molecule has 16 heavy (non-hydrogen) atoms. The number of benzene rings is 1. The van der Waals surface area contributed by atoms with Crippen LogP contribution in [-0.4, -0.2) is 10.1 Å². The van der Waals surface area contributed by atoms with Gasteiger partial charge in [0.05, 0.1) is 10.7 Å². The maximum atomic E-state index is 10.2. The second-order valence-corrected chi connectivity index (χ2v) is 5.18. The number of hydrogen-bond acceptors (Lipinski definition) is 3. The highest BCUT2D eigenvalue weighted by Crippen LogP contribution is 2.24. The topological polar surface area (TPSA) is 33.1 Å². The van der Waals surface area contributed by atoms with Crippen LogP contribution in [-0.2, 0) is 0 Å². The SMILES string of the molecule is Cc1cc(C)cc(C(O)c2csc(C)n2)c1. The van der Waals surface area contributed by atoms with Gasteiger partial charge in [-0.2, -0.15) is 0 Å². The minimum Gasteiger partial charge on any atom is -0.382 e. The summed E-state index contributed by atoms with van der Waals surface area (Å²) in [6, 6.07) is 6.11. The van der Waals surface area contributed by atoms with Crippen molar-refractivity contribution in [3.8, 4) is 0 Å². The molecule has 0 saturated carbocycles. The molecule has 2 rings (SSSR count). The predicted octanol–water partition coefficient (Wildman–Crippen LogP) is 3.15. The Labute approximate surface area is 99.6 Å². The highest BCUT2D eigenvalue weighted by atomic mass is 32.1. The van der Waals surface area contributed by atoms with Crippen molar-refractivity contribution in [1.29, 1.82) is 0 Å². The molecular formula is C13H15NOS. The van der Waals surface area contributed by atoms with Crippen LogP contribution < -0.4 is 0 Å². The molecule has 0 bridgehead atoms. The summed E-state index contributed by atoms with van der Waals surface area (Å²) in [5, 5.41) is 13.1. The molecule has 3 heteroatoms. The van der Waals surface area contributed by atoms with Crippen LogP contribution in [0.4, 0.5) is 0 Å². The van der Waals surface area contributed by atoms with E-state index < -0.39 is 6.10 Å². The Morgan fingerprint density at radius 3 is 2.25 bits per heavy atom. The molecule has 0 fully saturated rings. The molecule has 1 heterocycles. The number of nitrogens with zero attached hydrogens (tertiary/aromatic N) is 1. The van der Waals surface area contributed by atoms with E-state index in [9.17, 15) is 5.11 Å². The minimum atomic E-state index is -0.608. The summed E-state index contributed by atoms with van der Waals surface area (Å²) in [6.45, 7) is 6.02. The second kappa shape index (κ2) is 4.36. The van der Waals surface area contributed by atoms with Crippen LogP contribution in [0.3, 0.4) is 0 Å². The summed E-state index contributed by atoms with van der Waals surface area (Å²) in [7, 11) is 0. The van der Waals surface area contributed by atoms with Gasteiger partial charge in [0.15, 0.2) is 0 Å². The van der Waals surface area contributed by atoms with Crippen molar-refractivity contribution in [1.82, 2.24) is 4.98 Å². The number of thiazole rings is 1. The third-order valence-corrected chi connectivity index (χ3v) is 3.27. The normalized spacial score (nSPS) is 12.8. The van der Waals surface area contributed by atoms with Crippen LogP contribution in [0, 0.1) is 20.8 Å². The Hall–Kier alpha value is -1.19. The van der Waals surface area contributed by atoms with Crippen LogP contribution in [0.25, 0.3) is 0 Å². The molecule has 0 aliphatic rings. The molecule has 1 aromatic heterocycles. The average molecular weight is 233 g/mol. The first-order valence-electron chi connectivity index (χ1n) is 5.24. The lowest BCUT2D eigenvalue weighted by atomic mass is 10.0. The molecular weight excluding hydrogens is 218 g/mol. The summed E-state index contributed by atoms with van der Waals surface area (Å²) in [5.41, 5.74) is 4.00. The molecule has 0 saturated heterocycles. The zero-order valence-corrected chi connectivity index (χ0v) is 10.5. The van der Waals surface area contributed by atoms with Gasteiger partial charge < -0.3 is 5.11 Å². The van der Waals surface area contributed by atoms with Crippen LogP contribution in [0.5, 0.6) is 0 Å². The summed E-state index contributed by atoms with van der Waals surface area (Å²) < 4.78 is 0. The van der Waals surface area contributed by atoms with Gasteiger partial charge in [-0.3, -0.25) is 0 Å². The Kier molecular flexibility index (Phi) is 3.08. The standard InChI is InChI=1S/C13H15NOS/c1-8-4-9(2)6-11(5-8)13(15)12-7-16-10(3)14-12/h4-7,13,15H,1-3H3. The van der Waals surface area contributed by atoms with E-state index in [0.29, 0.717) is 0 Å². The summed E-state index contributed by atoms with van der Waals surface area (Å²) >= 11 is 1.56. The first-order chi connectivity index (χ1) is 7.56. The number of aryl methyl sites for hydroxylation is 3. The van der Waals surface area contributed by atoms with Crippen LogP contribution in [0.15, 0.2) is 23.6 Å². The monoisotopic (exact) mass is 233 g/mol. The van der Waals surface area contributed by atoms with Gasteiger partial charge >= 0.3 is 0 Å². The maximum absolute atomic E-state index is 10.2. The fraction of sp³-hybridized carbons (Fsp3) is 0.308. The molecule has 0 aliphatic heterocycles. The molecule has 0 spiro atoms. The molecule has 1 unspecified atom stereocenters. The molecule has 2 aromatic rings. The average Bonchev–Trinajstić information content (AvgIpc) is 2.62.